The Morgan fingerprint density at radius 2 is 2.14 bits per heavy atom. The third kappa shape index (κ3) is 2.45. The molecule has 0 bridgehead atoms. The predicted octanol–water partition coefficient (Wildman–Crippen LogP) is 0.00250. The summed E-state index contributed by atoms with van der Waals surface area (Å²) in [6.45, 7) is 4.27. The Morgan fingerprint density at radius 1 is 1.57 bits per heavy atom. The third-order valence-corrected chi connectivity index (χ3v) is 2.99. The summed E-state index contributed by atoms with van der Waals surface area (Å²) < 4.78 is 0. The molecule has 82 valence electrons. The van der Waals surface area contributed by atoms with Crippen LogP contribution in [0.2, 0.25) is 0 Å². The molecule has 4 nitrogen and oxygen atoms in total. The largest absolute Gasteiger partial charge is 0.388 e. The summed E-state index contributed by atoms with van der Waals surface area (Å²) in [6.07, 6.45) is 2.62. The average Bonchev–Trinajstić information content (AvgIpc) is 2.11. The van der Waals surface area contributed by atoms with Gasteiger partial charge in [-0.2, -0.15) is 0 Å². The Hall–Kier alpha value is -0.610. The number of aliphatic hydroxyl groups is 1. The number of amides is 1. The summed E-state index contributed by atoms with van der Waals surface area (Å²) in [5.74, 6) is -0.0830. The molecule has 1 aliphatic rings. The lowest BCUT2D eigenvalue weighted by Gasteiger charge is -2.37. The normalized spacial score (nSPS) is 20.0. The van der Waals surface area contributed by atoms with Crippen LogP contribution in [0.4, 0.5) is 0 Å². The Labute approximate surface area is 84.9 Å². The molecule has 1 aliphatic carbocycles. The van der Waals surface area contributed by atoms with Gasteiger partial charge in [-0.3, -0.25) is 4.79 Å². The first-order chi connectivity index (χ1) is 6.40. The molecule has 0 unspecified atom stereocenters. The first-order valence-corrected chi connectivity index (χ1v) is 5.10. The number of rotatable bonds is 4. The lowest BCUT2D eigenvalue weighted by molar-refractivity contribution is -0.131. The van der Waals surface area contributed by atoms with Crippen molar-refractivity contribution in [3.05, 3.63) is 0 Å². The third-order valence-electron chi connectivity index (χ3n) is 2.99. The van der Waals surface area contributed by atoms with E-state index < -0.39 is 11.0 Å². The Balaban J connectivity index is 2.34. The molecule has 0 atom stereocenters. The lowest BCUT2D eigenvalue weighted by Crippen LogP contribution is -2.51. The fourth-order valence-corrected chi connectivity index (χ4v) is 1.34. The second kappa shape index (κ2) is 3.87. The first kappa shape index (κ1) is 11.5. The molecule has 0 aromatic heterocycles. The topological polar surface area (TPSA) is 75.4 Å². The van der Waals surface area contributed by atoms with Crippen molar-refractivity contribution in [1.29, 1.82) is 0 Å². The van der Waals surface area contributed by atoms with Crippen molar-refractivity contribution in [2.24, 2.45) is 11.1 Å². The van der Waals surface area contributed by atoms with Gasteiger partial charge < -0.3 is 16.2 Å². The van der Waals surface area contributed by atoms with Crippen molar-refractivity contribution in [2.45, 2.75) is 38.7 Å². The molecule has 0 aliphatic heterocycles. The summed E-state index contributed by atoms with van der Waals surface area (Å²) in [6, 6.07) is 0. The smallest absolute Gasteiger partial charge is 0.227 e. The number of carbonyl (C=O) groups excluding carboxylic acids is 1. The summed E-state index contributed by atoms with van der Waals surface area (Å²) in [5.41, 5.74) is 4.28. The minimum atomic E-state index is -0.652. The number of carbonyl (C=O) groups is 1. The van der Waals surface area contributed by atoms with Crippen LogP contribution in [0.15, 0.2) is 0 Å². The van der Waals surface area contributed by atoms with Crippen molar-refractivity contribution < 1.29 is 9.90 Å². The van der Waals surface area contributed by atoms with Crippen LogP contribution in [0.1, 0.15) is 33.1 Å². The number of nitrogens with two attached hydrogens (primary N) is 1. The van der Waals surface area contributed by atoms with Crippen LogP contribution < -0.4 is 11.1 Å². The molecule has 4 heteroatoms. The van der Waals surface area contributed by atoms with Crippen LogP contribution in [0.3, 0.4) is 0 Å². The van der Waals surface area contributed by atoms with E-state index >= 15 is 0 Å². The van der Waals surface area contributed by atoms with E-state index in [0.29, 0.717) is 13.1 Å². The first-order valence-electron chi connectivity index (χ1n) is 5.10. The molecule has 0 radical (unpaired) electrons. The van der Waals surface area contributed by atoms with E-state index in [9.17, 15) is 9.90 Å². The molecule has 1 amide bonds. The van der Waals surface area contributed by atoms with Gasteiger partial charge >= 0.3 is 0 Å². The van der Waals surface area contributed by atoms with Gasteiger partial charge in [0.05, 0.1) is 11.0 Å². The molecule has 0 heterocycles. The molecular weight excluding hydrogens is 180 g/mol. The van der Waals surface area contributed by atoms with Gasteiger partial charge in [-0.15, -0.1) is 0 Å². The van der Waals surface area contributed by atoms with Crippen LogP contribution >= 0.6 is 0 Å². The molecule has 0 spiro atoms. The van der Waals surface area contributed by atoms with E-state index in [1.165, 1.54) is 0 Å². The quantitative estimate of drug-likeness (QED) is 0.598. The van der Waals surface area contributed by atoms with Crippen molar-refractivity contribution in [3.8, 4) is 0 Å². The highest BCUT2D eigenvalue weighted by Crippen LogP contribution is 2.30. The van der Waals surface area contributed by atoms with E-state index in [1.54, 1.807) is 13.8 Å². The zero-order valence-electron chi connectivity index (χ0n) is 8.97. The fraction of sp³-hybridized carbons (Fsp3) is 0.900. The van der Waals surface area contributed by atoms with Gasteiger partial charge in [0.2, 0.25) is 5.91 Å². The second-order valence-electron chi connectivity index (χ2n) is 4.85. The maximum absolute atomic E-state index is 11.6. The van der Waals surface area contributed by atoms with Gasteiger partial charge in [0, 0.05) is 13.1 Å². The lowest BCUT2D eigenvalue weighted by atomic mass is 9.80. The minimum absolute atomic E-state index is 0.0830. The second-order valence-corrected chi connectivity index (χ2v) is 4.85. The molecule has 1 saturated carbocycles. The van der Waals surface area contributed by atoms with Crippen LogP contribution in [-0.4, -0.2) is 29.7 Å². The molecule has 0 aromatic carbocycles. The predicted molar refractivity (Wildman–Crippen MR) is 54.6 cm³/mol. The van der Waals surface area contributed by atoms with Crippen LogP contribution in [0.25, 0.3) is 0 Å². The molecule has 1 fully saturated rings. The van der Waals surface area contributed by atoms with Gasteiger partial charge in [-0.25, -0.2) is 0 Å². The van der Waals surface area contributed by atoms with Crippen molar-refractivity contribution in [3.63, 3.8) is 0 Å². The molecule has 1 rings (SSSR count). The number of hydrogen-bond donors (Lipinski definition) is 3. The zero-order chi connectivity index (χ0) is 10.8. The molecule has 0 aromatic rings. The molecule has 14 heavy (non-hydrogen) atoms. The monoisotopic (exact) mass is 200 g/mol. The molecule has 4 N–H and O–H groups in total. The highest BCUT2D eigenvalue weighted by Gasteiger charge is 2.36. The standard InChI is InChI=1S/C10H20N2O2/c1-9(2,6-11)8(13)12-7-10(14)4-3-5-10/h14H,3-7,11H2,1-2H3,(H,12,13). The molecule has 0 saturated heterocycles. The summed E-state index contributed by atoms with van der Waals surface area (Å²) >= 11 is 0. The van der Waals surface area contributed by atoms with E-state index in [1.807, 2.05) is 0 Å². The summed E-state index contributed by atoms with van der Waals surface area (Å²) in [7, 11) is 0. The van der Waals surface area contributed by atoms with Gasteiger partial charge in [0.15, 0.2) is 0 Å². The maximum atomic E-state index is 11.6. The zero-order valence-corrected chi connectivity index (χ0v) is 8.97. The minimum Gasteiger partial charge on any atom is -0.388 e. The van der Waals surface area contributed by atoms with Gasteiger partial charge in [-0.05, 0) is 33.1 Å². The van der Waals surface area contributed by atoms with Crippen LogP contribution in [0.5, 0.6) is 0 Å². The van der Waals surface area contributed by atoms with Gasteiger partial charge in [-0.1, -0.05) is 0 Å². The number of nitrogens with one attached hydrogen (secondary N) is 1. The highest BCUT2D eigenvalue weighted by atomic mass is 16.3. The van der Waals surface area contributed by atoms with Gasteiger partial charge in [0.1, 0.15) is 0 Å². The van der Waals surface area contributed by atoms with Crippen LogP contribution in [0, 0.1) is 5.41 Å². The summed E-state index contributed by atoms with van der Waals surface area (Å²) in [4.78, 5) is 11.6. The van der Waals surface area contributed by atoms with Crippen LogP contribution in [-0.2, 0) is 4.79 Å². The maximum Gasteiger partial charge on any atom is 0.227 e. The van der Waals surface area contributed by atoms with E-state index in [2.05, 4.69) is 5.32 Å². The van der Waals surface area contributed by atoms with E-state index in [4.69, 9.17) is 5.73 Å². The Morgan fingerprint density at radius 3 is 2.50 bits per heavy atom. The SMILES string of the molecule is CC(C)(CN)C(=O)NCC1(O)CCC1. The Kier molecular flexibility index (Phi) is 3.17. The van der Waals surface area contributed by atoms with E-state index in [0.717, 1.165) is 19.3 Å². The van der Waals surface area contributed by atoms with Crippen molar-refractivity contribution >= 4 is 5.91 Å². The number of hydrogen-bond acceptors (Lipinski definition) is 3. The average molecular weight is 200 g/mol. The summed E-state index contributed by atoms with van der Waals surface area (Å²) in [5, 5.41) is 12.5. The Bertz CT molecular complexity index is 222. The fourth-order valence-electron chi connectivity index (χ4n) is 1.34. The van der Waals surface area contributed by atoms with Crippen molar-refractivity contribution in [1.82, 2.24) is 5.32 Å². The van der Waals surface area contributed by atoms with E-state index in [-0.39, 0.29) is 5.91 Å². The molecular formula is C10H20N2O2. The van der Waals surface area contributed by atoms with Crippen molar-refractivity contribution in [2.75, 3.05) is 13.1 Å². The van der Waals surface area contributed by atoms with Gasteiger partial charge in [0.25, 0.3) is 0 Å². The highest BCUT2D eigenvalue weighted by molar-refractivity contribution is 5.82.